The van der Waals surface area contributed by atoms with Gasteiger partial charge in [0.1, 0.15) is 0 Å². The SMILES string of the molecule is CNS(=O)(=O)c1cccc(C(=O)Nc2ccc(SC3CCCC3)cc2)c1. The predicted octanol–water partition coefficient (Wildman–Crippen LogP) is 3.88. The number of carbonyl (C=O) groups excluding carboxylic acids is 1. The van der Waals surface area contributed by atoms with Crippen molar-refractivity contribution in [1.29, 1.82) is 0 Å². The van der Waals surface area contributed by atoms with Gasteiger partial charge in [-0.2, -0.15) is 0 Å². The van der Waals surface area contributed by atoms with Crippen LogP contribution >= 0.6 is 11.8 Å². The standard InChI is InChI=1S/C19H22N2O3S2/c1-20-26(23,24)18-8-4-5-14(13-18)19(22)21-15-9-11-17(12-10-15)25-16-6-2-3-7-16/h4-5,8-13,16,20H,2-3,6-7H2,1H3,(H,21,22). The number of nitrogens with one attached hydrogen (secondary N) is 2. The molecule has 1 aliphatic carbocycles. The molecule has 0 saturated heterocycles. The van der Waals surface area contributed by atoms with E-state index >= 15 is 0 Å². The second-order valence-corrected chi connectivity index (χ2v) is 9.50. The van der Waals surface area contributed by atoms with Crippen molar-refractivity contribution in [2.24, 2.45) is 0 Å². The molecule has 0 unspecified atom stereocenters. The molecule has 2 N–H and O–H groups in total. The summed E-state index contributed by atoms with van der Waals surface area (Å²) in [5.74, 6) is -0.339. The van der Waals surface area contributed by atoms with E-state index in [2.05, 4.69) is 10.0 Å². The normalized spacial score (nSPS) is 15.1. The lowest BCUT2D eigenvalue weighted by atomic mass is 10.2. The molecule has 0 spiro atoms. The minimum Gasteiger partial charge on any atom is -0.322 e. The van der Waals surface area contributed by atoms with Crippen LogP contribution in [0.1, 0.15) is 36.0 Å². The molecular weight excluding hydrogens is 368 g/mol. The van der Waals surface area contributed by atoms with E-state index in [-0.39, 0.29) is 10.8 Å². The van der Waals surface area contributed by atoms with Crippen LogP contribution in [0.3, 0.4) is 0 Å². The molecule has 0 atom stereocenters. The second-order valence-electron chi connectivity index (χ2n) is 6.24. The van der Waals surface area contributed by atoms with Gasteiger partial charge in [-0.25, -0.2) is 13.1 Å². The zero-order chi connectivity index (χ0) is 18.6. The van der Waals surface area contributed by atoms with Gasteiger partial charge in [0.05, 0.1) is 4.90 Å². The van der Waals surface area contributed by atoms with E-state index in [1.165, 1.54) is 49.8 Å². The topological polar surface area (TPSA) is 75.3 Å². The molecule has 1 aliphatic rings. The summed E-state index contributed by atoms with van der Waals surface area (Å²) in [5, 5.41) is 3.51. The molecule has 0 bridgehead atoms. The van der Waals surface area contributed by atoms with Gasteiger partial charge in [0.15, 0.2) is 0 Å². The molecule has 0 aromatic heterocycles. The summed E-state index contributed by atoms with van der Waals surface area (Å²) in [5.41, 5.74) is 0.985. The maximum Gasteiger partial charge on any atom is 0.255 e. The predicted molar refractivity (Wildman–Crippen MR) is 105 cm³/mol. The Morgan fingerprint density at radius 1 is 1.08 bits per heavy atom. The van der Waals surface area contributed by atoms with Crippen LogP contribution < -0.4 is 10.0 Å². The van der Waals surface area contributed by atoms with Crippen molar-refractivity contribution in [2.75, 3.05) is 12.4 Å². The van der Waals surface area contributed by atoms with Gasteiger partial charge in [-0.1, -0.05) is 18.9 Å². The Kier molecular flexibility index (Phi) is 6.01. The third-order valence-corrected chi connectivity index (χ3v) is 7.15. The Labute approximate surface area is 158 Å². The maximum atomic E-state index is 12.4. The summed E-state index contributed by atoms with van der Waals surface area (Å²) in [6, 6.07) is 13.8. The lowest BCUT2D eigenvalue weighted by Crippen LogP contribution is -2.19. The van der Waals surface area contributed by atoms with Crippen LogP contribution in [-0.4, -0.2) is 26.6 Å². The van der Waals surface area contributed by atoms with Crippen LogP contribution in [-0.2, 0) is 10.0 Å². The highest BCUT2D eigenvalue weighted by Crippen LogP contribution is 2.35. The number of anilines is 1. The van der Waals surface area contributed by atoms with Crippen molar-refractivity contribution < 1.29 is 13.2 Å². The molecule has 2 aromatic carbocycles. The number of carbonyl (C=O) groups is 1. The number of benzene rings is 2. The van der Waals surface area contributed by atoms with E-state index in [1.807, 2.05) is 36.0 Å². The zero-order valence-corrected chi connectivity index (χ0v) is 16.2. The number of sulfonamides is 1. The highest BCUT2D eigenvalue weighted by Gasteiger charge is 2.16. The van der Waals surface area contributed by atoms with Crippen molar-refractivity contribution in [3.8, 4) is 0 Å². The summed E-state index contributed by atoms with van der Waals surface area (Å²) >= 11 is 1.90. The molecule has 1 fully saturated rings. The fraction of sp³-hybridized carbons (Fsp3) is 0.316. The maximum absolute atomic E-state index is 12.4. The number of rotatable bonds is 6. The summed E-state index contributed by atoms with van der Waals surface area (Å²) in [6.45, 7) is 0. The van der Waals surface area contributed by atoms with Crippen LogP contribution in [0.5, 0.6) is 0 Å². The van der Waals surface area contributed by atoms with E-state index in [4.69, 9.17) is 0 Å². The minimum atomic E-state index is -3.58. The lowest BCUT2D eigenvalue weighted by molar-refractivity contribution is 0.102. The number of hydrogen-bond donors (Lipinski definition) is 2. The largest absolute Gasteiger partial charge is 0.322 e. The minimum absolute atomic E-state index is 0.0657. The lowest BCUT2D eigenvalue weighted by Gasteiger charge is -2.10. The van der Waals surface area contributed by atoms with E-state index in [1.54, 1.807) is 12.1 Å². The highest BCUT2D eigenvalue weighted by atomic mass is 32.2. The van der Waals surface area contributed by atoms with Crippen LogP contribution in [0.25, 0.3) is 0 Å². The van der Waals surface area contributed by atoms with Crippen LogP contribution in [0.15, 0.2) is 58.3 Å². The van der Waals surface area contributed by atoms with Crippen LogP contribution in [0.2, 0.25) is 0 Å². The number of thioether (sulfide) groups is 1. The monoisotopic (exact) mass is 390 g/mol. The van der Waals surface area contributed by atoms with E-state index < -0.39 is 10.0 Å². The molecule has 0 heterocycles. The first-order chi connectivity index (χ1) is 12.5. The molecule has 138 valence electrons. The first kappa shape index (κ1) is 18.9. The summed E-state index contributed by atoms with van der Waals surface area (Å²) in [4.78, 5) is 13.7. The first-order valence-corrected chi connectivity index (χ1v) is 11.0. The number of amides is 1. The third kappa shape index (κ3) is 4.66. The molecule has 7 heteroatoms. The molecule has 1 saturated carbocycles. The van der Waals surface area contributed by atoms with E-state index in [9.17, 15) is 13.2 Å². The second kappa shape index (κ2) is 8.24. The molecule has 26 heavy (non-hydrogen) atoms. The van der Waals surface area contributed by atoms with Gasteiger partial charge in [-0.15, -0.1) is 11.8 Å². The van der Waals surface area contributed by atoms with Gasteiger partial charge >= 0.3 is 0 Å². The summed E-state index contributed by atoms with van der Waals surface area (Å²) in [7, 11) is -2.24. The Morgan fingerprint density at radius 3 is 2.42 bits per heavy atom. The van der Waals surface area contributed by atoms with Crippen molar-refractivity contribution >= 4 is 33.4 Å². The van der Waals surface area contributed by atoms with E-state index in [0.717, 1.165) is 0 Å². The van der Waals surface area contributed by atoms with Crippen LogP contribution in [0, 0.1) is 0 Å². The zero-order valence-electron chi connectivity index (χ0n) is 14.6. The van der Waals surface area contributed by atoms with Gasteiger partial charge in [-0.05, 0) is 62.4 Å². The van der Waals surface area contributed by atoms with Gasteiger partial charge in [0, 0.05) is 21.4 Å². The molecule has 2 aromatic rings. The Balaban J connectivity index is 1.67. The first-order valence-electron chi connectivity index (χ1n) is 8.59. The van der Waals surface area contributed by atoms with Crippen molar-refractivity contribution in [1.82, 2.24) is 4.72 Å². The quantitative estimate of drug-likeness (QED) is 0.785. The summed E-state index contributed by atoms with van der Waals surface area (Å²) < 4.78 is 26.0. The van der Waals surface area contributed by atoms with E-state index in [0.29, 0.717) is 16.5 Å². The van der Waals surface area contributed by atoms with Crippen molar-refractivity contribution in [3.63, 3.8) is 0 Å². The molecule has 0 aliphatic heterocycles. The fourth-order valence-electron chi connectivity index (χ4n) is 2.94. The van der Waals surface area contributed by atoms with Gasteiger partial charge in [-0.3, -0.25) is 4.79 Å². The summed E-state index contributed by atoms with van der Waals surface area (Å²) in [6.07, 6.45) is 5.17. The Morgan fingerprint density at radius 2 is 1.77 bits per heavy atom. The molecular formula is C19H22N2O3S2. The van der Waals surface area contributed by atoms with Gasteiger partial charge in [0.25, 0.3) is 5.91 Å². The Bertz CT molecular complexity index is 874. The van der Waals surface area contributed by atoms with Gasteiger partial charge < -0.3 is 5.32 Å². The van der Waals surface area contributed by atoms with Gasteiger partial charge in [0.2, 0.25) is 10.0 Å². The average Bonchev–Trinajstić information content (AvgIpc) is 3.16. The molecule has 1 amide bonds. The smallest absolute Gasteiger partial charge is 0.255 e. The van der Waals surface area contributed by atoms with Crippen molar-refractivity contribution in [2.45, 2.75) is 40.7 Å². The van der Waals surface area contributed by atoms with Crippen LogP contribution in [0.4, 0.5) is 5.69 Å². The Hall–Kier alpha value is -1.83. The molecule has 5 nitrogen and oxygen atoms in total. The fourth-order valence-corrected chi connectivity index (χ4v) is 4.96. The molecule has 3 rings (SSSR count). The van der Waals surface area contributed by atoms with Crippen molar-refractivity contribution in [3.05, 3.63) is 54.1 Å². The third-order valence-electron chi connectivity index (χ3n) is 4.39. The number of hydrogen-bond acceptors (Lipinski definition) is 4. The highest BCUT2D eigenvalue weighted by molar-refractivity contribution is 8.00. The molecule has 0 radical (unpaired) electrons. The average molecular weight is 391 g/mol.